The van der Waals surface area contributed by atoms with E-state index in [0.29, 0.717) is 12.6 Å². The average Bonchev–Trinajstić information content (AvgIpc) is 2.86. The highest BCUT2D eigenvalue weighted by molar-refractivity contribution is 5.81. The largest absolute Gasteiger partial charge is 0.468 e. The Balaban J connectivity index is 1.92. The van der Waals surface area contributed by atoms with Crippen molar-refractivity contribution in [2.75, 3.05) is 26.7 Å². The molecule has 0 saturated carbocycles. The zero-order valence-corrected chi connectivity index (χ0v) is 11.9. The summed E-state index contributed by atoms with van der Waals surface area (Å²) in [6.07, 6.45) is 5.15. The van der Waals surface area contributed by atoms with Gasteiger partial charge in [0.25, 0.3) is 0 Å². The van der Waals surface area contributed by atoms with Gasteiger partial charge in [-0.2, -0.15) is 0 Å². The molecule has 0 aliphatic carbocycles. The Morgan fingerprint density at radius 1 is 1.16 bits per heavy atom. The van der Waals surface area contributed by atoms with Crippen LogP contribution in [0, 0.1) is 0 Å². The first-order valence-corrected chi connectivity index (χ1v) is 7.25. The Bertz CT molecular complexity index is 346. The van der Waals surface area contributed by atoms with E-state index < -0.39 is 0 Å². The summed E-state index contributed by atoms with van der Waals surface area (Å²) >= 11 is 0. The molecular weight excluding hydrogens is 244 g/mol. The van der Waals surface area contributed by atoms with Crippen LogP contribution in [0.4, 0.5) is 0 Å². The summed E-state index contributed by atoms with van der Waals surface area (Å²) in [6.45, 7) is 4.13. The predicted molar refractivity (Wildman–Crippen MR) is 71.6 cm³/mol. The SMILES string of the molecule is COC(=O)C1CCCN1CC(=O)N1CCCCC1C. The Morgan fingerprint density at radius 2 is 1.95 bits per heavy atom. The maximum Gasteiger partial charge on any atom is 0.323 e. The third-order valence-corrected chi connectivity index (χ3v) is 4.30. The van der Waals surface area contributed by atoms with Crippen molar-refractivity contribution >= 4 is 11.9 Å². The van der Waals surface area contributed by atoms with E-state index in [2.05, 4.69) is 6.92 Å². The number of esters is 1. The lowest BCUT2D eigenvalue weighted by Crippen LogP contribution is -2.49. The summed E-state index contributed by atoms with van der Waals surface area (Å²) in [6, 6.07) is 0.106. The topological polar surface area (TPSA) is 49.9 Å². The maximum atomic E-state index is 12.4. The van der Waals surface area contributed by atoms with Gasteiger partial charge in [0.1, 0.15) is 6.04 Å². The minimum absolute atomic E-state index is 0.156. The number of nitrogens with zero attached hydrogens (tertiary/aromatic N) is 2. The highest BCUT2D eigenvalue weighted by atomic mass is 16.5. The van der Waals surface area contributed by atoms with Crippen LogP contribution in [0.25, 0.3) is 0 Å². The second-order valence-corrected chi connectivity index (χ2v) is 5.58. The average molecular weight is 268 g/mol. The second kappa shape index (κ2) is 6.37. The Kier molecular flexibility index (Phi) is 4.80. The van der Waals surface area contributed by atoms with Crippen molar-refractivity contribution in [2.45, 2.75) is 51.1 Å². The molecule has 2 unspecified atom stereocenters. The number of piperidine rings is 1. The number of rotatable bonds is 3. The summed E-state index contributed by atoms with van der Waals surface area (Å²) in [5.74, 6) is -0.0556. The van der Waals surface area contributed by atoms with Crippen molar-refractivity contribution in [1.82, 2.24) is 9.80 Å². The smallest absolute Gasteiger partial charge is 0.323 e. The molecule has 108 valence electrons. The molecule has 1 amide bonds. The van der Waals surface area contributed by atoms with E-state index in [0.717, 1.165) is 38.8 Å². The first-order valence-electron chi connectivity index (χ1n) is 7.25. The molecule has 2 atom stereocenters. The van der Waals surface area contributed by atoms with Crippen molar-refractivity contribution < 1.29 is 14.3 Å². The molecule has 2 aliphatic rings. The molecule has 2 saturated heterocycles. The summed E-state index contributed by atoms with van der Waals surface area (Å²) in [5.41, 5.74) is 0. The number of carbonyl (C=O) groups excluding carboxylic acids is 2. The van der Waals surface area contributed by atoms with Gasteiger partial charge in [-0.3, -0.25) is 14.5 Å². The van der Waals surface area contributed by atoms with Crippen LogP contribution >= 0.6 is 0 Å². The van der Waals surface area contributed by atoms with Gasteiger partial charge in [0.2, 0.25) is 5.91 Å². The third kappa shape index (κ3) is 3.26. The van der Waals surface area contributed by atoms with Gasteiger partial charge in [-0.15, -0.1) is 0 Å². The van der Waals surface area contributed by atoms with Crippen LogP contribution in [0.5, 0.6) is 0 Å². The number of ether oxygens (including phenoxy) is 1. The van der Waals surface area contributed by atoms with Gasteiger partial charge in [-0.25, -0.2) is 0 Å². The molecule has 19 heavy (non-hydrogen) atoms. The van der Waals surface area contributed by atoms with Crippen LogP contribution in [-0.4, -0.2) is 60.5 Å². The van der Waals surface area contributed by atoms with Gasteiger partial charge in [0.05, 0.1) is 13.7 Å². The summed E-state index contributed by atoms with van der Waals surface area (Å²) in [7, 11) is 1.41. The maximum absolute atomic E-state index is 12.4. The van der Waals surface area contributed by atoms with Crippen molar-refractivity contribution in [3.63, 3.8) is 0 Å². The minimum atomic E-state index is -0.228. The van der Waals surface area contributed by atoms with Crippen LogP contribution < -0.4 is 0 Å². The van der Waals surface area contributed by atoms with Crippen LogP contribution in [0.15, 0.2) is 0 Å². The van der Waals surface area contributed by atoms with E-state index in [4.69, 9.17) is 4.74 Å². The number of likely N-dealkylation sites (tertiary alicyclic amines) is 2. The van der Waals surface area contributed by atoms with Gasteiger partial charge >= 0.3 is 5.97 Å². The van der Waals surface area contributed by atoms with E-state index in [1.54, 1.807) is 0 Å². The van der Waals surface area contributed by atoms with Gasteiger partial charge in [0.15, 0.2) is 0 Å². The molecule has 2 rings (SSSR count). The van der Waals surface area contributed by atoms with Crippen molar-refractivity contribution in [1.29, 1.82) is 0 Å². The predicted octanol–water partition coefficient (Wildman–Crippen LogP) is 1.02. The van der Waals surface area contributed by atoms with E-state index in [1.165, 1.54) is 13.5 Å². The third-order valence-electron chi connectivity index (χ3n) is 4.30. The van der Waals surface area contributed by atoms with Crippen LogP contribution in [0.3, 0.4) is 0 Å². The summed E-state index contributed by atoms with van der Waals surface area (Å²) < 4.78 is 4.81. The first-order chi connectivity index (χ1) is 9.13. The molecule has 2 heterocycles. The van der Waals surface area contributed by atoms with E-state index in [1.807, 2.05) is 9.80 Å². The molecule has 0 aromatic rings. The summed E-state index contributed by atoms with van der Waals surface area (Å²) in [4.78, 5) is 27.9. The van der Waals surface area contributed by atoms with Crippen molar-refractivity contribution in [3.05, 3.63) is 0 Å². The number of hydrogen-bond donors (Lipinski definition) is 0. The zero-order valence-electron chi connectivity index (χ0n) is 11.9. The Labute approximate surface area is 114 Å². The van der Waals surface area contributed by atoms with Gasteiger partial charge in [-0.05, 0) is 45.6 Å². The molecule has 0 aromatic heterocycles. The lowest BCUT2D eigenvalue weighted by atomic mass is 10.0. The number of methoxy groups -OCH3 is 1. The minimum Gasteiger partial charge on any atom is -0.468 e. The second-order valence-electron chi connectivity index (χ2n) is 5.58. The van der Waals surface area contributed by atoms with Crippen LogP contribution in [0.2, 0.25) is 0 Å². The van der Waals surface area contributed by atoms with E-state index in [-0.39, 0.29) is 17.9 Å². The molecule has 0 N–H and O–H groups in total. The lowest BCUT2D eigenvalue weighted by Gasteiger charge is -2.35. The molecule has 2 fully saturated rings. The fraction of sp³-hybridized carbons (Fsp3) is 0.857. The molecule has 0 spiro atoms. The van der Waals surface area contributed by atoms with Crippen LogP contribution in [-0.2, 0) is 14.3 Å². The highest BCUT2D eigenvalue weighted by Crippen LogP contribution is 2.21. The fourth-order valence-corrected chi connectivity index (χ4v) is 3.15. The molecule has 0 radical (unpaired) electrons. The first kappa shape index (κ1) is 14.3. The van der Waals surface area contributed by atoms with Gasteiger partial charge in [0, 0.05) is 12.6 Å². The van der Waals surface area contributed by atoms with Crippen molar-refractivity contribution in [2.24, 2.45) is 0 Å². The normalized spacial score (nSPS) is 28.4. The van der Waals surface area contributed by atoms with E-state index in [9.17, 15) is 9.59 Å². The molecule has 5 heteroatoms. The van der Waals surface area contributed by atoms with Crippen molar-refractivity contribution in [3.8, 4) is 0 Å². The Hall–Kier alpha value is -1.10. The molecule has 0 bridgehead atoms. The zero-order chi connectivity index (χ0) is 13.8. The fourth-order valence-electron chi connectivity index (χ4n) is 3.15. The standard InChI is InChI=1S/C14H24N2O3/c1-11-6-3-4-9-16(11)13(17)10-15-8-5-7-12(15)14(18)19-2/h11-12H,3-10H2,1-2H3. The molecule has 2 aliphatic heterocycles. The summed E-state index contributed by atoms with van der Waals surface area (Å²) in [5, 5.41) is 0. The van der Waals surface area contributed by atoms with E-state index >= 15 is 0 Å². The molecule has 5 nitrogen and oxygen atoms in total. The monoisotopic (exact) mass is 268 g/mol. The Morgan fingerprint density at radius 3 is 2.63 bits per heavy atom. The van der Waals surface area contributed by atoms with Gasteiger partial charge in [-0.1, -0.05) is 0 Å². The number of hydrogen-bond acceptors (Lipinski definition) is 4. The molecular formula is C14H24N2O3. The highest BCUT2D eigenvalue weighted by Gasteiger charge is 2.34. The lowest BCUT2D eigenvalue weighted by molar-refractivity contribution is -0.147. The quantitative estimate of drug-likeness (QED) is 0.717. The molecule has 0 aromatic carbocycles. The number of carbonyl (C=O) groups is 2. The number of amides is 1. The van der Waals surface area contributed by atoms with Crippen LogP contribution in [0.1, 0.15) is 39.0 Å². The van der Waals surface area contributed by atoms with Gasteiger partial charge < -0.3 is 9.64 Å².